The Hall–Kier alpha value is -1.76. The predicted octanol–water partition coefficient (Wildman–Crippen LogP) is 1.53. The number of amides is 2. The molecule has 25 heavy (non-hydrogen) atoms. The van der Waals surface area contributed by atoms with Gasteiger partial charge < -0.3 is 15.6 Å². The van der Waals surface area contributed by atoms with Crippen molar-refractivity contribution in [2.45, 2.75) is 45.2 Å². The van der Waals surface area contributed by atoms with E-state index in [0.717, 1.165) is 12.8 Å². The highest BCUT2D eigenvalue weighted by Crippen LogP contribution is 2.55. The van der Waals surface area contributed by atoms with E-state index in [9.17, 15) is 14.4 Å². The molecule has 136 valence electrons. The fourth-order valence-corrected chi connectivity index (χ4v) is 4.59. The molecule has 1 saturated heterocycles. The summed E-state index contributed by atoms with van der Waals surface area (Å²) in [5.41, 5.74) is 0.00439. The Morgan fingerprint density at radius 1 is 1.32 bits per heavy atom. The summed E-state index contributed by atoms with van der Waals surface area (Å²) in [6.07, 6.45) is 3.36. The van der Waals surface area contributed by atoms with E-state index in [1.165, 1.54) is 29.8 Å². The van der Waals surface area contributed by atoms with Crippen molar-refractivity contribution in [1.82, 2.24) is 15.6 Å². The second-order valence-electron chi connectivity index (χ2n) is 7.95. The molecular weight excluding hydrogens is 338 g/mol. The molecule has 2 aliphatic rings. The molecule has 1 aliphatic carbocycles. The lowest BCUT2D eigenvalue weighted by Gasteiger charge is -2.53. The van der Waals surface area contributed by atoms with Gasteiger partial charge in [-0.3, -0.25) is 14.4 Å². The van der Waals surface area contributed by atoms with Crippen molar-refractivity contribution in [3.05, 3.63) is 34.2 Å². The van der Waals surface area contributed by atoms with Gasteiger partial charge in [0, 0.05) is 24.2 Å². The van der Waals surface area contributed by atoms with Gasteiger partial charge in [-0.25, -0.2) is 0 Å². The van der Waals surface area contributed by atoms with Gasteiger partial charge in [0.15, 0.2) is 0 Å². The summed E-state index contributed by atoms with van der Waals surface area (Å²) in [7, 11) is 0. The summed E-state index contributed by atoms with van der Waals surface area (Å²) in [5, 5.41) is 5.99. The maximum atomic E-state index is 12.5. The molecule has 1 aliphatic heterocycles. The third-order valence-electron chi connectivity index (χ3n) is 5.47. The molecule has 3 N–H and O–H groups in total. The molecule has 1 aromatic rings. The Bertz CT molecular complexity index is 711. The molecule has 1 unspecified atom stereocenters. The van der Waals surface area contributed by atoms with Gasteiger partial charge in [-0.15, -0.1) is 0 Å². The number of hydrogen-bond acceptors (Lipinski definition) is 4. The first-order chi connectivity index (χ1) is 11.7. The van der Waals surface area contributed by atoms with Crippen molar-refractivity contribution < 1.29 is 9.59 Å². The van der Waals surface area contributed by atoms with E-state index < -0.39 is 5.54 Å². The number of aromatic nitrogens is 1. The third kappa shape index (κ3) is 3.76. The summed E-state index contributed by atoms with van der Waals surface area (Å²) in [4.78, 5) is 38.3. The van der Waals surface area contributed by atoms with Gasteiger partial charge in [-0.2, -0.15) is 11.8 Å². The van der Waals surface area contributed by atoms with Crippen LogP contribution in [0.4, 0.5) is 0 Å². The van der Waals surface area contributed by atoms with E-state index in [1.54, 1.807) is 0 Å². The minimum absolute atomic E-state index is 0.0812. The molecule has 0 aromatic carbocycles. The number of aromatic amines is 1. The molecule has 1 atom stereocenters. The van der Waals surface area contributed by atoms with Crippen molar-refractivity contribution in [1.29, 1.82) is 0 Å². The summed E-state index contributed by atoms with van der Waals surface area (Å²) in [6.45, 7) is 5.70. The van der Waals surface area contributed by atoms with E-state index in [0.29, 0.717) is 11.0 Å². The number of carbonyl (C=O) groups excluding carboxylic acids is 2. The first-order valence-corrected chi connectivity index (χ1v) is 9.76. The van der Waals surface area contributed by atoms with Gasteiger partial charge in [-0.1, -0.05) is 0 Å². The Labute approximate surface area is 151 Å². The van der Waals surface area contributed by atoms with Gasteiger partial charge in [0.25, 0.3) is 5.91 Å². The maximum Gasteiger partial charge on any atom is 0.253 e. The normalized spacial score (nSPS) is 20.3. The van der Waals surface area contributed by atoms with Gasteiger partial charge in [0.05, 0.1) is 11.1 Å². The van der Waals surface area contributed by atoms with Gasteiger partial charge in [-0.05, 0) is 56.6 Å². The monoisotopic (exact) mass is 363 g/mol. The SMILES string of the molecule is CC(NC(=O)c1ccc(=O)[nH]c1)C(C)(C)NC(=O)C1CC2(CSC2)C1. The van der Waals surface area contributed by atoms with Crippen molar-refractivity contribution in [2.24, 2.45) is 11.3 Å². The maximum absolute atomic E-state index is 12.5. The molecule has 2 fully saturated rings. The van der Waals surface area contributed by atoms with Crippen LogP contribution in [-0.2, 0) is 4.79 Å². The smallest absolute Gasteiger partial charge is 0.253 e. The van der Waals surface area contributed by atoms with E-state index in [1.807, 2.05) is 32.5 Å². The first-order valence-electron chi connectivity index (χ1n) is 8.60. The van der Waals surface area contributed by atoms with Crippen LogP contribution in [0.5, 0.6) is 0 Å². The number of carbonyl (C=O) groups is 2. The zero-order chi connectivity index (χ0) is 18.2. The minimum atomic E-state index is -0.563. The topological polar surface area (TPSA) is 91.1 Å². The second-order valence-corrected chi connectivity index (χ2v) is 8.93. The van der Waals surface area contributed by atoms with E-state index in [-0.39, 0.29) is 29.3 Å². The standard InChI is InChI=1S/C18H25N3O3S/c1-11(20-15(23)12-4-5-14(22)19-8-12)17(2,3)21-16(24)13-6-18(7-13)9-25-10-18/h4-5,8,11,13H,6-7,9-10H2,1-3H3,(H,19,22)(H,20,23)(H,21,24). The molecule has 1 spiro atoms. The zero-order valence-corrected chi connectivity index (χ0v) is 15.7. The van der Waals surface area contributed by atoms with Crippen molar-refractivity contribution in [3.63, 3.8) is 0 Å². The lowest BCUT2D eigenvalue weighted by atomic mass is 9.63. The van der Waals surface area contributed by atoms with Crippen molar-refractivity contribution >= 4 is 23.6 Å². The van der Waals surface area contributed by atoms with Crippen LogP contribution in [0.3, 0.4) is 0 Å². The summed E-state index contributed by atoms with van der Waals surface area (Å²) >= 11 is 1.96. The number of hydrogen-bond donors (Lipinski definition) is 3. The van der Waals surface area contributed by atoms with Crippen LogP contribution in [0, 0.1) is 11.3 Å². The van der Waals surface area contributed by atoms with Crippen molar-refractivity contribution in [2.75, 3.05) is 11.5 Å². The fourth-order valence-electron chi connectivity index (χ4n) is 3.34. The van der Waals surface area contributed by atoms with Crippen LogP contribution < -0.4 is 16.2 Å². The van der Waals surface area contributed by atoms with Crippen LogP contribution in [0.1, 0.15) is 44.0 Å². The highest BCUT2D eigenvalue weighted by atomic mass is 32.2. The summed E-state index contributed by atoms with van der Waals surface area (Å²) in [6, 6.07) is 2.54. The van der Waals surface area contributed by atoms with E-state index in [4.69, 9.17) is 0 Å². The molecule has 7 heteroatoms. The number of H-pyrrole nitrogens is 1. The Morgan fingerprint density at radius 2 is 2.00 bits per heavy atom. The van der Waals surface area contributed by atoms with Gasteiger partial charge in [0.2, 0.25) is 11.5 Å². The quantitative estimate of drug-likeness (QED) is 0.740. The molecule has 3 rings (SSSR count). The second kappa shape index (κ2) is 6.52. The zero-order valence-electron chi connectivity index (χ0n) is 14.8. The number of pyridine rings is 1. The Balaban J connectivity index is 1.53. The number of rotatable bonds is 5. The Kier molecular flexibility index (Phi) is 4.70. The van der Waals surface area contributed by atoms with Crippen LogP contribution >= 0.6 is 11.8 Å². The predicted molar refractivity (Wildman–Crippen MR) is 98.7 cm³/mol. The Morgan fingerprint density at radius 3 is 2.52 bits per heavy atom. The molecule has 2 heterocycles. The summed E-state index contributed by atoms with van der Waals surface area (Å²) in [5.74, 6) is 2.28. The number of nitrogens with one attached hydrogen (secondary N) is 3. The molecular formula is C18H25N3O3S. The van der Waals surface area contributed by atoms with Gasteiger partial charge >= 0.3 is 0 Å². The molecule has 6 nitrogen and oxygen atoms in total. The molecule has 0 bridgehead atoms. The van der Waals surface area contributed by atoms with E-state index >= 15 is 0 Å². The van der Waals surface area contributed by atoms with Crippen molar-refractivity contribution in [3.8, 4) is 0 Å². The summed E-state index contributed by atoms with van der Waals surface area (Å²) < 4.78 is 0. The lowest BCUT2D eigenvalue weighted by molar-refractivity contribution is -0.133. The fraction of sp³-hybridized carbons (Fsp3) is 0.611. The highest BCUT2D eigenvalue weighted by Gasteiger charge is 2.51. The third-order valence-corrected chi connectivity index (χ3v) is 7.10. The largest absolute Gasteiger partial charge is 0.349 e. The van der Waals surface area contributed by atoms with Crippen LogP contribution in [0.2, 0.25) is 0 Å². The lowest BCUT2D eigenvalue weighted by Crippen LogP contribution is -2.61. The molecule has 1 saturated carbocycles. The molecule has 0 radical (unpaired) electrons. The first kappa shape index (κ1) is 18.0. The van der Waals surface area contributed by atoms with Crippen LogP contribution in [0.25, 0.3) is 0 Å². The highest BCUT2D eigenvalue weighted by molar-refractivity contribution is 8.00. The average Bonchev–Trinajstić information content (AvgIpc) is 2.44. The van der Waals surface area contributed by atoms with Gasteiger partial charge in [0.1, 0.15) is 0 Å². The minimum Gasteiger partial charge on any atom is -0.349 e. The molecule has 1 aromatic heterocycles. The van der Waals surface area contributed by atoms with Crippen LogP contribution in [0.15, 0.2) is 23.1 Å². The van der Waals surface area contributed by atoms with Crippen LogP contribution in [-0.4, -0.2) is 39.9 Å². The van der Waals surface area contributed by atoms with E-state index in [2.05, 4.69) is 15.6 Å². The molecule has 2 amide bonds. The number of thioether (sulfide) groups is 1. The average molecular weight is 363 g/mol.